The molecule has 2 atom stereocenters. The van der Waals surface area contributed by atoms with E-state index < -0.39 is 0 Å². The van der Waals surface area contributed by atoms with E-state index in [2.05, 4.69) is 71.4 Å². The maximum Gasteiger partial charge on any atom is 0.123 e. The lowest BCUT2D eigenvalue weighted by Crippen LogP contribution is -2.20. The zero-order valence-corrected chi connectivity index (χ0v) is 14.0. The highest BCUT2D eigenvalue weighted by molar-refractivity contribution is 9.09. The Hall–Kier alpha value is -1.28. The van der Waals surface area contributed by atoms with Crippen molar-refractivity contribution in [2.45, 2.75) is 32.3 Å². The lowest BCUT2D eigenvalue weighted by atomic mass is 9.93. The van der Waals surface area contributed by atoms with E-state index in [1.807, 2.05) is 0 Å². The summed E-state index contributed by atoms with van der Waals surface area (Å²) >= 11 is 3.67. The van der Waals surface area contributed by atoms with Gasteiger partial charge in [-0.3, -0.25) is 0 Å². The van der Waals surface area contributed by atoms with Gasteiger partial charge in [-0.25, -0.2) is 0 Å². The highest BCUT2D eigenvalue weighted by atomic mass is 79.9. The van der Waals surface area contributed by atoms with Gasteiger partial charge in [0.15, 0.2) is 0 Å². The summed E-state index contributed by atoms with van der Waals surface area (Å²) in [6.07, 6.45) is 3.60. The number of aryl methyl sites for hydroxylation is 1. The number of benzene rings is 2. The van der Waals surface area contributed by atoms with E-state index in [1.54, 1.807) is 0 Å². The molecule has 0 aromatic heterocycles. The van der Waals surface area contributed by atoms with E-state index >= 15 is 0 Å². The molecule has 2 unspecified atom stereocenters. The summed E-state index contributed by atoms with van der Waals surface area (Å²) in [6, 6.07) is 17.2. The van der Waals surface area contributed by atoms with Crippen molar-refractivity contribution in [3.05, 3.63) is 65.2 Å². The SMILES string of the molecule is Cc1ccc2c(c1)CC(CC(CBr)Cc1ccccc1)O2. The molecule has 1 aliphatic rings. The fourth-order valence-electron chi connectivity index (χ4n) is 3.10. The van der Waals surface area contributed by atoms with Gasteiger partial charge in [-0.15, -0.1) is 0 Å². The summed E-state index contributed by atoms with van der Waals surface area (Å²) in [6.45, 7) is 2.14. The lowest BCUT2D eigenvalue weighted by Gasteiger charge is -2.18. The molecule has 0 fully saturated rings. The number of fused-ring (bicyclic) bond motifs is 1. The fourth-order valence-corrected chi connectivity index (χ4v) is 3.59. The smallest absolute Gasteiger partial charge is 0.123 e. The minimum atomic E-state index is 0.327. The molecule has 3 rings (SSSR count). The number of hydrogen-bond acceptors (Lipinski definition) is 1. The first-order chi connectivity index (χ1) is 10.2. The second-order valence-electron chi connectivity index (χ2n) is 6.00. The Morgan fingerprint density at radius 2 is 2.00 bits per heavy atom. The molecule has 2 aromatic rings. The molecule has 2 heteroatoms. The topological polar surface area (TPSA) is 9.23 Å². The van der Waals surface area contributed by atoms with Crippen molar-refractivity contribution in [3.8, 4) is 5.75 Å². The average molecular weight is 345 g/mol. The van der Waals surface area contributed by atoms with E-state index in [4.69, 9.17) is 4.74 Å². The second kappa shape index (κ2) is 6.65. The van der Waals surface area contributed by atoms with Crippen molar-refractivity contribution < 1.29 is 4.74 Å². The first-order valence-corrected chi connectivity index (χ1v) is 8.73. The van der Waals surface area contributed by atoms with Gasteiger partial charge in [0.25, 0.3) is 0 Å². The van der Waals surface area contributed by atoms with Crippen LogP contribution in [0.5, 0.6) is 5.75 Å². The van der Waals surface area contributed by atoms with Gasteiger partial charge in [0.05, 0.1) is 0 Å². The van der Waals surface area contributed by atoms with Gasteiger partial charge in [-0.2, -0.15) is 0 Å². The normalized spacial score (nSPS) is 18.1. The molecular formula is C19H21BrO. The third kappa shape index (κ3) is 3.68. The Morgan fingerprint density at radius 1 is 1.19 bits per heavy atom. The molecule has 0 bridgehead atoms. The monoisotopic (exact) mass is 344 g/mol. The van der Waals surface area contributed by atoms with Crippen molar-refractivity contribution in [2.75, 3.05) is 5.33 Å². The molecule has 0 aliphatic carbocycles. The van der Waals surface area contributed by atoms with Crippen molar-refractivity contribution in [3.63, 3.8) is 0 Å². The van der Waals surface area contributed by atoms with Crippen molar-refractivity contribution in [1.29, 1.82) is 0 Å². The molecule has 0 radical (unpaired) electrons. The molecule has 1 heterocycles. The summed E-state index contributed by atoms with van der Waals surface area (Å²) in [4.78, 5) is 0. The highest BCUT2D eigenvalue weighted by Crippen LogP contribution is 2.32. The quantitative estimate of drug-likeness (QED) is 0.698. The standard InChI is InChI=1S/C19H21BrO/c1-14-7-8-19-17(9-14)12-18(21-19)11-16(13-20)10-15-5-3-2-4-6-15/h2-9,16,18H,10-13H2,1H3. The van der Waals surface area contributed by atoms with Gasteiger partial charge < -0.3 is 4.74 Å². The number of alkyl halides is 1. The summed E-state index contributed by atoms with van der Waals surface area (Å²) < 4.78 is 6.11. The third-order valence-corrected chi connectivity index (χ3v) is 5.05. The first-order valence-electron chi connectivity index (χ1n) is 7.60. The number of rotatable bonds is 5. The minimum Gasteiger partial charge on any atom is -0.490 e. The van der Waals surface area contributed by atoms with Crippen LogP contribution in [0.4, 0.5) is 0 Å². The molecule has 1 aliphatic heterocycles. The van der Waals surface area contributed by atoms with Gasteiger partial charge in [-0.1, -0.05) is 64.0 Å². The van der Waals surface area contributed by atoms with Gasteiger partial charge in [0.2, 0.25) is 0 Å². The predicted molar refractivity (Wildman–Crippen MR) is 91.3 cm³/mol. The molecule has 0 saturated carbocycles. The predicted octanol–water partition coefficient (Wildman–Crippen LogP) is 4.94. The van der Waals surface area contributed by atoms with Crippen LogP contribution in [0.3, 0.4) is 0 Å². The van der Waals surface area contributed by atoms with E-state index in [0.717, 1.165) is 30.3 Å². The number of hydrogen-bond donors (Lipinski definition) is 0. The molecule has 2 aromatic carbocycles. The zero-order chi connectivity index (χ0) is 14.7. The Labute approximate surface area is 135 Å². The van der Waals surface area contributed by atoms with Crippen LogP contribution in [-0.4, -0.2) is 11.4 Å². The van der Waals surface area contributed by atoms with Crippen LogP contribution in [-0.2, 0) is 12.8 Å². The maximum absolute atomic E-state index is 6.11. The van der Waals surface area contributed by atoms with Gasteiger partial charge in [-0.05, 0) is 42.9 Å². The highest BCUT2D eigenvalue weighted by Gasteiger charge is 2.25. The lowest BCUT2D eigenvalue weighted by molar-refractivity contribution is 0.199. The van der Waals surface area contributed by atoms with E-state index in [1.165, 1.54) is 16.7 Å². The summed E-state index contributed by atoms with van der Waals surface area (Å²) in [5.74, 6) is 1.70. The van der Waals surface area contributed by atoms with Crippen molar-refractivity contribution in [1.82, 2.24) is 0 Å². The van der Waals surface area contributed by atoms with Crippen molar-refractivity contribution in [2.24, 2.45) is 5.92 Å². The Balaban J connectivity index is 1.61. The molecule has 0 N–H and O–H groups in total. The summed E-state index contributed by atoms with van der Waals surface area (Å²) in [5, 5.41) is 1.02. The molecule has 21 heavy (non-hydrogen) atoms. The molecule has 0 amide bonds. The third-order valence-electron chi connectivity index (χ3n) is 4.14. The van der Waals surface area contributed by atoms with Crippen LogP contribution in [0, 0.1) is 12.8 Å². The first kappa shape index (κ1) is 14.6. The molecular weight excluding hydrogens is 324 g/mol. The molecule has 0 saturated heterocycles. The Morgan fingerprint density at radius 3 is 2.76 bits per heavy atom. The van der Waals surface area contributed by atoms with Crippen LogP contribution in [0.2, 0.25) is 0 Å². The van der Waals surface area contributed by atoms with E-state index in [-0.39, 0.29) is 0 Å². The van der Waals surface area contributed by atoms with Gasteiger partial charge in [0.1, 0.15) is 11.9 Å². The number of halogens is 1. The van der Waals surface area contributed by atoms with Crippen LogP contribution < -0.4 is 4.74 Å². The Bertz CT molecular complexity index is 594. The van der Waals surface area contributed by atoms with Gasteiger partial charge in [0, 0.05) is 11.8 Å². The Kier molecular flexibility index (Phi) is 4.64. The summed E-state index contributed by atoms with van der Waals surface area (Å²) in [5.41, 5.74) is 4.10. The van der Waals surface area contributed by atoms with Crippen LogP contribution in [0.1, 0.15) is 23.1 Å². The molecule has 1 nitrogen and oxygen atoms in total. The summed E-state index contributed by atoms with van der Waals surface area (Å²) in [7, 11) is 0. The zero-order valence-electron chi connectivity index (χ0n) is 12.4. The fraction of sp³-hybridized carbons (Fsp3) is 0.368. The van der Waals surface area contributed by atoms with E-state index in [0.29, 0.717) is 12.0 Å². The van der Waals surface area contributed by atoms with Crippen LogP contribution in [0.15, 0.2) is 48.5 Å². The largest absolute Gasteiger partial charge is 0.490 e. The van der Waals surface area contributed by atoms with Crippen LogP contribution >= 0.6 is 15.9 Å². The van der Waals surface area contributed by atoms with Crippen molar-refractivity contribution >= 4 is 15.9 Å². The van der Waals surface area contributed by atoms with Crippen LogP contribution in [0.25, 0.3) is 0 Å². The molecule has 110 valence electrons. The van der Waals surface area contributed by atoms with Gasteiger partial charge >= 0.3 is 0 Å². The maximum atomic E-state index is 6.11. The average Bonchev–Trinajstić information content (AvgIpc) is 2.89. The minimum absolute atomic E-state index is 0.327. The second-order valence-corrected chi connectivity index (χ2v) is 6.65. The number of ether oxygens (including phenoxy) is 1. The molecule has 0 spiro atoms. The van der Waals surface area contributed by atoms with E-state index in [9.17, 15) is 0 Å².